The van der Waals surface area contributed by atoms with Gasteiger partial charge in [0.05, 0.1) is 11.3 Å². The third-order valence-electron chi connectivity index (χ3n) is 3.14. The van der Waals surface area contributed by atoms with Gasteiger partial charge in [0.1, 0.15) is 5.82 Å². The van der Waals surface area contributed by atoms with Crippen molar-refractivity contribution >= 4 is 17.3 Å². The van der Waals surface area contributed by atoms with Gasteiger partial charge in [0.25, 0.3) is 5.91 Å². The molecule has 0 aliphatic rings. The van der Waals surface area contributed by atoms with Crippen molar-refractivity contribution < 1.29 is 9.18 Å². The van der Waals surface area contributed by atoms with Gasteiger partial charge >= 0.3 is 0 Å². The molecule has 112 valence electrons. The van der Waals surface area contributed by atoms with Gasteiger partial charge in [-0.25, -0.2) is 4.39 Å². The quantitative estimate of drug-likeness (QED) is 0.633. The summed E-state index contributed by atoms with van der Waals surface area (Å²) in [5.41, 5.74) is 11.2. The molecule has 0 aliphatic carbocycles. The molecule has 1 aromatic rings. The first-order chi connectivity index (χ1) is 9.49. The summed E-state index contributed by atoms with van der Waals surface area (Å²) >= 11 is 0. The topological polar surface area (TPSA) is 84.4 Å². The van der Waals surface area contributed by atoms with Crippen molar-refractivity contribution in [2.24, 2.45) is 5.73 Å². The van der Waals surface area contributed by atoms with Gasteiger partial charge in [0, 0.05) is 18.8 Å². The van der Waals surface area contributed by atoms with E-state index in [2.05, 4.69) is 24.1 Å². The molecule has 5 N–H and O–H groups in total. The lowest BCUT2D eigenvalue weighted by atomic mass is 10.1. The molecule has 0 spiro atoms. The van der Waals surface area contributed by atoms with Crippen molar-refractivity contribution in [1.29, 1.82) is 0 Å². The van der Waals surface area contributed by atoms with Crippen molar-refractivity contribution in [2.45, 2.75) is 20.3 Å². The van der Waals surface area contributed by atoms with E-state index in [4.69, 9.17) is 11.5 Å². The minimum absolute atomic E-state index is 0.0571. The number of primary amides is 1. The van der Waals surface area contributed by atoms with Crippen molar-refractivity contribution in [1.82, 2.24) is 4.90 Å². The fourth-order valence-corrected chi connectivity index (χ4v) is 2.03. The number of carbonyl (C=O) groups is 1. The summed E-state index contributed by atoms with van der Waals surface area (Å²) in [6, 6.07) is 2.48. The van der Waals surface area contributed by atoms with Crippen LogP contribution in [0.15, 0.2) is 12.1 Å². The van der Waals surface area contributed by atoms with Crippen molar-refractivity contribution in [3.05, 3.63) is 23.5 Å². The third-order valence-corrected chi connectivity index (χ3v) is 3.14. The predicted octanol–water partition coefficient (Wildman–Crippen LogP) is 1.65. The smallest absolute Gasteiger partial charge is 0.250 e. The van der Waals surface area contributed by atoms with Gasteiger partial charge in [0.15, 0.2) is 0 Å². The van der Waals surface area contributed by atoms with E-state index in [0.717, 1.165) is 32.1 Å². The molecule has 0 saturated carbocycles. The number of nitrogens with zero attached hydrogens (tertiary/aromatic N) is 1. The first-order valence-corrected chi connectivity index (χ1v) is 6.84. The van der Waals surface area contributed by atoms with Crippen LogP contribution in [0.4, 0.5) is 15.8 Å². The number of likely N-dealkylation sites (N-methyl/N-ethyl adjacent to an activating group) is 1. The summed E-state index contributed by atoms with van der Waals surface area (Å²) in [5, 5.41) is 2.98. The van der Waals surface area contributed by atoms with Gasteiger partial charge in [-0.05, 0) is 31.6 Å². The number of hydrogen-bond acceptors (Lipinski definition) is 4. The number of rotatable bonds is 8. The van der Waals surface area contributed by atoms with Crippen LogP contribution >= 0.6 is 0 Å². The Bertz CT molecular complexity index is 465. The van der Waals surface area contributed by atoms with Crippen LogP contribution in [-0.2, 0) is 0 Å². The largest absolute Gasteiger partial charge is 0.398 e. The summed E-state index contributed by atoms with van der Waals surface area (Å²) in [7, 11) is 0. The Morgan fingerprint density at radius 1 is 1.35 bits per heavy atom. The zero-order valence-electron chi connectivity index (χ0n) is 12.1. The Morgan fingerprint density at radius 3 is 2.60 bits per heavy atom. The minimum atomic E-state index is -0.660. The average molecular weight is 282 g/mol. The molecule has 0 heterocycles. The maximum Gasteiger partial charge on any atom is 0.250 e. The second kappa shape index (κ2) is 7.69. The highest BCUT2D eigenvalue weighted by atomic mass is 19.1. The van der Waals surface area contributed by atoms with Crippen molar-refractivity contribution in [2.75, 3.05) is 37.2 Å². The van der Waals surface area contributed by atoms with Crippen LogP contribution in [0.1, 0.15) is 30.6 Å². The maximum atomic E-state index is 13.7. The van der Waals surface area contributed by atoms with E-state index in [1.54, 1.807) is 0 Å². The molecule has 5 nitrogen and oxygen atoms in total. The number of carbonyl (C=O) groups excluding carboxylic acids is 1. The molecule has 0 aromatic heterocycles. The summed E-state index contributed by atoms with van der Waals surface area (Å²) in [6.45, 7) is 7.56. The first-order valence-electron chi connectivity index (χ1n) is 6.84. The van der Waals surface area contributed by atoms with E-state index in [9.17, 15) is 9.18 Å². The zero-order chi connectivity index (χ0) is 15.1. The number of hydrogen-bond donors (Lipinski definition) is 3. The Hall–Kier alpha value is -1.82. The number of anilines is 2. The van der Waals surface area contributed by atoms with Gasteiger partial charge in [-0.2, -0.15) is 0 Å². The van der Waals surface area contributed by atoms with Crippen LogP contribution < -0.4 is 16.8 Å². The van der Waals surface area contributed by atoms with Gasteiger partial charge in [0.2, 0.25) is 0 Å². The molecule has 6 heteroatoms. The van der Waals surface area contributed by atoms with Crippen LogP contribution in [0.5, 0.6) is 0 Å². The van der Waals surface area contributed by atoms with E-state index in [-0.39, 0.29) is 16.9 Å². The lowest BCUT2D eigenvalue weighted by molar-refractivity contribution is 0.100. The molecular formula is C14H23FN4O. The van der Waals surface area contributed by atoms with Crippen LogP contribution in [0.25, 0.3) is 0 Å². The van der Waals surface area contributed by atoms with Crippen LogP contribution in [-0.4, -0.2) is 37.0 Å². The SMILES string of the molecule is CCCN(CC)CCNc1cc(C(N)=O)c(N)cc1F. The van der Waals surface area contributed by atoms with Gasteiger partial charge < -0.3 is 21.7 Å². The second-order valence-corrected chi connectivity index (χ2v) is 4.64. The predicted molar refractivity (Wildman–Crippen MR) is 80.2 cm³/mol. The van der Waals surface area contributed by atoms with Gasteiger partial charge in [-0.15, -0.1) is 0 Å². The van der Waals surface area contributed by atoms with E-state index >= 15 is 0 Å². The number of halogens is 1. The third kappa shape index (κ3) is 4.38. The summed E-state index contributed by atoms with van der Waals surface area (Å²) in [5.74, 6) is -1.14. The molecule has 20 heavy (non-hydrogen) atoms. The number of nitrogens with one attached hydrogen (secondary N) is 1. The molecule has 0 fully saturated rings. The van der Waals surface area contributed by atoms with E-state index in [1.165, 1.54) is 6.07 Å². The first kappa shape index (κ1) is 16.2. The summed E-state index contributed by atoms with van der Waals surface area (Å²) in [6.07, 6.45) is 1.08. The molecule has 0 atom stereocenters. The number of amides is 1. The number of nitrogens with two attached hydrogens (primary N) is 2. The zero-order valence-corrected chi connectivity index (χ0v) is 12.1. The summed E-state index contributed by atoms with van der Waals surface area (Å²) < 4.78 is 13.7. The lowest BCUT2D eigenvalue weighted by Crippen LogP contribution is -2.29. The van der Waals surface area contributed by atoms with Gasteiger partial charge in [-0.1, -0.05) is 13.8 Å². The maximum absolute atomic E-state index is 13.7. The molecule has 0 saturated heterocycles. The number of nitrogen functional groups attached to an aromatic ring is 1. The molecule has 1 rings (SSSR count). The molecule has 0 radical (unpaired) electrons. The standard InChI is InChI=1S/C14H23FN4O/c1-3-6-19(4-2)7-5-18-13-8-10(14(17)20)12(16)9-11(13)15/h8-9,18H,3-7,16H2,1-2H3,(H2,17,20). The van der Waals surface area contributed by atoms with E-state index in [0.29, 0.717) is 6.54 Å². The normalized spacial score (nSPS) is 10.8. The monoisotopic (exact) mass is 282 g/mol. The lowest BCUT2D eigenvalue weighted by Gasteiger charge is -2.20. The second-order valence-electron chi connectivity index (χ2n) is 4.64. The highest BCUT2D eigenvalue weighted by Gasteiger charge is 2.11. The molecule has 1 aromatic carbocycles. The number of benzene rings is 1. The molecule has 0 unspecified atom stereocenters. The van der Waals surface area contributed by atoms with Crippen molar-refractivity contribution in [3.63, 3.8) is 0 Å². The summed E-state index contributed by atoms with van der Waals surface area (Å²) in [4.78, 5) is 13.4. The fourth-order valence-electron chi connectivity index (χ4n) is 2.03. The average Bonchev–Trinajstić information content (AvgIpc) is 2.39. The highest BCUT2D eigenvalue weighted by Crippen LogP contribution is 2.21. The van der Waals surface area contributed by atoms with Crippen LogP contribution in [0.3, 0.4) is 0 Å². The Morgan fingerprint density at radius 2 is 2.05 bits per heavy atom. The van der Waals surface area contributed by atoms with E-state index < -0.39 is 11.7 Å². The van der Waals surface area contributed by atoms with Crippen LogP contribution in [0, 0.1) is 5.82 Å². The minimum Gasteiger partial charge on any atom is -0.398 e. The molecule has 1 amide bonds. The van der Waals surface area contributed by atoms with E-state index in [1.807, 2.05) is 0 Å². The van der Waals surface area contributed by atoms with Gasteiger partial charge in [-0.3, -0.25) is 4.79 Å². The van der Waals surface area contributed by atoms with Crippen LogP contribution in [0.2, 0.25) is 0 Å². The molecule has 0 aliphatic heterocycles. The molecular weight excluding hydrogens is 259 g/mol. The molecule has 0 bridgehead atoms. The highest BCUT2D eigenvalue weighted by molar-refractivity contribution is 5.99. The Kier molecular flexibility index (Phi) is 6.24. The Balaban J connectivity index is 2.68. The fraction of sp³-hybridized carbons (Fsp3) is 0.500. The Labute approximate surface area is 119 Å². The van der Waals surface area contributed by atoms with Crippen molar-refractivity contribution in [3.8, 4) is 0 Å².